The smallest absolute Gasteiger partial charge is 0.244 e. The highest BCUT2D eigenvalue weighted by Gasteiger charge is 2.34. The number of nitrogens with one attached hydrogen (secondary N) is 1. The number of anilines is 1. The lowest BCUT2D eigenvalue weighted by Gasteiger charge is -2.34. The van der Waals surface area contributed by atoms with Gasteiger partial charge in [-0.2, -0.15) is 0 Å². The van der Waals surface area contributed by atoms with Gasteiger partial charge in [-0.25, -0.2) is 8.42 Å². The molecule has 218 valence electrons. The zero-order chi connectivity index (χ0) is 29.6. The third-order valence-corrected chi connectivity index (χ3v) is 9.16. The molecule has 0 bridgehead atoms. The lowest BCUT2D eigenvalue weighted by molar-refractivity contribution is -0.140. The van der Waals surface area contributed by atoms with Crippen molar-refractivity contribution in [1.82, 2.24) is 10.2 Å². The van der Waals surface area contributed by atoms with Gasteiger partial charge in [0.1, 0.15) is 12.6 Å². The molecule has 2 amide bonds. The molecule has 3 aromatic carbocycles. The van der Waals surface area contributed by atoms with Crippen LogP contribution in [-0.4, -0.2) is 50.0 Å². The molecule has 0 heterocycles. The minimum Gasteiger partial charge on any atom is -0.352 e. The van der Waals surface area contributed by atoms with Gasteiger partial charge in [-0.05, 0) is 54.3 Å². The standard InChI is InChI=1S/C30H32BrCl2N3O4S/c1-41(39,40)36(27-17-24(32)16-25(33)18-27)20-29(37)35(19-22-11-13-23(31)14-12-22)28(15-21-7-3-2-4-8-21)30(38)34-26-9-5-6-10-26/h2-4,7-8,11-14,16-18,26,28H,5-6,9-10,15,19-20H2,1H3,(H,34,38)/t28-/m0/s1. The average Bonchev–Trinajstić information content (AvgIpc) is 3.42. The second-order valence-electron chi connectivity index (χ2n) is 10.2. The van der Waals surface area contributed by atoms with E-state index in [9.17, 15) is 18.0 Å². The number of sulfonamides is 1. The molecular weight excluding hydrogens is 649 g/mol. The Hall–Kier alpha value is -2.59. The summed E-state index contributed by atoms with van der Waals surface area (Å²) in [4.78, 5) is 29.5. The van der Waals surface area contributed by atoms with Crippen molar-refractivity contribution in [3.8, 4) is 0 Å². The topological polar surface area (TPSA) is 86.8 Å². The van der Waals surface area contributed by atoms with Crippen LogP contribution in [0.15, 0.2) is 77.3 Å². The van der Waals surface area contributed by atoms with E-state index in [0.717, 1.165) is 51.8 Å². The van der Waals surface area contributed by atoms with E-state index in [4.69, 9.17) is 23.2 Å². The molecule has 0 spiro atoms. The molecule has 1 atom stereocenters. The number of nitrogens with zero attached hydrogens (tertiary/aromatic N) is 2. The van der Waals surface area contributed by atoms with Crippen LogP contribution in [0.1, 0.15) is 36.8 Å². The minimum absolute atomic E-state index is 0.0477. The largest absolute Gasteiger partial charge is 0.352 e. The van der Waals surface area contributed by atoms with Crippen LogP contribution in [0.3, 0.4) is 0 Å². The van der Waals surface area contributed by atoms with Crippen molar-refractivity contribution in [2.75, 3.05) is 17.1 Å². The maximum absolute atomic E-state index is 14.2. The Kier molecular flexibility index (Phi) is 10.7. The lowest BCUT2D eigenvalue weighted by atomic mass is 10.0. The van der Waals surface area contributed by atoms with E-state index in [2.05, 4.69) is 21.2 Å². The van der Waals surface area contributed by atoms with Gasteiger partial charge in [0.15, 0.2) is 0 Å². The van der Waals surface area contributed by atoms with Crippen LogP contribution >= 0.6 is 39.1 Å². The molecule has 7 nitrogen and oxygen atoms in total. The molecule has 1 fully saturated rings. The van der Waals surface area contributed by atoms with Crippen LogP contribution in [0.25, 0.3) is 0 Å². The van der Waals surface area contributed by atoms with E-state index in [1.54, 1.807) is 0 Å². The van der Waals surface area contributed by atoms with Gasteiger partial charge in [0.2, 0.25) is 21.8 Å². The zero-order valence-corrected chi connectivity index (χ0v) is 26.5. The van der Waals surface area contributed by atoms with E-state index in [0.29, 0.717) is 0 Å². The molecule has 0 unspecified atom stereocenters. The van der Waals surface area contributed by atoms with Gasteiger partial charge in [-0.1, -0.05) is 94.4 Å². The van der Waals surface area contributed by atoms with Crippen molar-refractivity contribution in [1.29, 1.82) is 0 Å². The van der Waals surface area contributed by atoms with Gasteiger partial charge >= 0.3 is 0 Å². The summed E-state index contributed by atoms with van der Waals surface area (Å²) in [6.45, 7) is -0.427. The third-order valence-electron chi connectivity index (χ3n) is 7.05. The van der Waals surface area contributed by atoms with Gasteiger partial charge in [0.05, 0.1) is 11.9 Å². The molecule has 11 heteroatoms. The predicted molar refractivity (Wildman–Crippen MR) is 168 cm³/mol. The SMILES string of the molecule is CS(=O)(=O)N(CC(=O)N(Cc1ccc(Br)cc1)[C@@H](Cc1ccccc1)C(=O)NC1CCCC1)c1cc(Cl)cc(Cl)c1. The Morgan fingerprint density at radius 1 is 0.951 bits per heavy atom. The summed E-state index contributed by atoms with van der Waals surface area (Å²) in [6.07, 6.45) is 5.15. The highest BCUT2D eigenvalue weighted by atomic mass is 79.9. The molecule has 1 N–H and O–H groups in total. The van der Waals surface area contributed by atoms with Crippen molar-refractivity contribution in [2.24, 2.45) is 0 Å². The summed E-state index contributed by atoms with van der Waals surface area (Å²) < 4.78 is 27.7. The number of halogens is 3. The van der Waals surface area contributed by atoms with E-state index in [1.807, 2.05) is 54.6 Å². The number of hydrogen-bond acceptors (Lipinski definition) is 4. The summed E-state index contributed by atoms with van der Waals surface area (Å²) >= 11 is 15.8. The number of carbonyl (C=O) groups is 2. The van der Waals surface area contributed by atoms with Gasteiger partial charge in [0.25, 0.3) is 0 Å². The first kappa shape index (κ1) is 31.3. The lowest BCUT2D eigenvalue weighted by Crippen LogP contribution is -2.54. The molecule has 0 aromatic heterocycles. The number of carbonyl (C=O) groups excluding carboxylic acids is 2. The Balaban J connectivity index is 1.73. The molecular formula is C30H32BrCl2N3O4S. The normalized spacial score (nSPS) is 14.4. The van der Waals surface area contributed by atoms with Gasteiger partial charge in [0, 0.05) is 33.5 Å². The maximum Gasteiger partial charge on any atom is 0.244 e. The fraction of sp³-hybridized carbons (Fsp3) is 0.333. The Labute approximate surface area is 260 Å². The molecule has 1 aliphatic rings. The first-order chi connectivity index (χ1) is 19.5. The molecule has 4 rings (SSSR count). The van der Waals surface area contributed by atoms with Gasteiger partial charge in [-0.15, -0.1) is 0 Å². The number of amides is 2. The van der Waals surface area contributed by atoms with E-state index in [-0.39, 0.29) is 40.6 Å². The van der Waals surface area contributed by atoms with E-state index in [1.165, 1.54) is 23.1 Å². The average molecular weight is 681 g/mol. The van der Waals surface area contributed by atoms with Crippen molar-refractivity contribution in [3.05, 3.63) is 98.4 Å². The van der Waals surface area contributed by atoms with E-state index >= 15 is 0 Å². The zero-order valence-electron chi connectivity index (χ0n) is 22.6. The van der Waals surface area contributed by atoms with Crippen molar-refractivity contribution in [3.63, 3.8) is 0 Å². The van der Waals surface area contributed by atoms with Crippen molar-refractivity contribution in [2.45, 2.75) is 50.7 Å². The van der Waals surface area contributed by atoms with E-state index < -0.39 is 28.5 Å². The van der Waals surface area contributed by atoms with Crippen LogP contribution in [0, 0.1) is 0 Å². The number of benzene rings is 3. The highest BCUT2D eigenvalue weighted by molar-refractivity contribution is 9.10. The highest BCUT2D eigenvalue weighted by Crippen LogP contribution is 2.28. The summed E-state index contributed by atoms with van der Waals surface area (Å²) in [5.74, 6) is -0.792. The first-order valence-corrected chi connectivity index (χ1v) is 16.7. The fourth-order valence-corrected chi connectivity index (χ4v) is 6.62. The minimum atomic E-state index is -3.92. The molecule has 1 saturated carbocycles. The summed E-state index contributed by atoms with van der Waals surface area (Å²) in [5.41, 5.74) is 1.84. The van der Waals surface area contributed by atoms with Crippen LogP contribution in [0.4, 0.5) is 5.69 Å². The maximum atomic E-state index is 14.2. The molecule has 0 saturated heterocycles. The molecule has 0 radical (unpaired) electrons. The summed E-state index contributed by atoms with van der Waals surface area (Å²) in [6, 6.07) is 20.5. The Morgan fingerprint density at radius 3 is 2.15 bits per heavy atom. The van der Waals surface area contributed by atoms with Crippen LogP contribution in [0.2, 0.25) is 10.0 Å². The quantitative estimate of drug-likeness (QED) is 0.261. The fourth-order valence-electron chi connectivity index (χ4n) is 5.00. The van der Waals surface area contributed by atoms with Gasteiger partial charge < -0.3 is 10.2 Å². The number of hydrogen-bond donors (Lipinski definition) is 1. The summed E-state index contributed by atoms with van der Waals surface area (Å²) in [5, 5.41) is 3.62. The molecule has 41 heavy (non-hydrogen) atoms. The predicted octanol–water partition coefficient (Wildman–Crippen LogP) is 6.22. The molecule has 0 aliphatic heterocycles. The Bertz CT molecular complexity index is 1450. The van der Waals surface area contributed by atoms with Crippen molar-refractivity contribution >= 4 is 66.7 Å². The van der Waals surface area contributed by atoms with Crippen LogP contribution in [0.5, 0.6) is 0 Å². The van der Waals surface area contributed by atoms with Crippen LogP contribution in [-0.2, 0) is 32.6 Å². The van der Waals surface area contributed by atoms with Crippen molar-refractivity contribution < 1.29 is 18.0 Å². The monoisotopic (exact) mass is 679 g/mol. The Morgan fingerprint density at radius 2 is 1.56 bits per heavy atom. The second-order valence-corrected chi connectivity index (χ2v) is 13.9. The second kappa shape index (κ2) is 14.1. The summed E-state index contributed by atoms with van der Waals surface area (Å²) in [7, 11) is -3.92. The van der Waals surface area contributed by atoms with Crippen LogP contribution < -0.4 is 9.62 Å². The first-order valence-electron chi connectivity index (χ1n) is 13.3. The third kappa shape index (κ3) is 8.95. The molecule has 1 aliphatic carbocycles. The molecule has 3 aromatic rings. The van der Waals surface area contributed by atoms with Gasteiger partial charge in [-0.3, -0.25) is 13.9 Å². The number of rotatable bonds is 11.